The van der Waals surface area contributed by atoms with Crippen LogP contribution >= 0.6 is 0 Å². The molecule has 1 aliphatic carbocycles. The van der Waals surface area contributed by atoms with Gasteiger partial charge in [-0.1, -0.05) is 12.8 Å². The summed E-state index contributed by atoms with van der Waals surface area (Å²) in [5.74, 6) is -3.51. The molecule has 1 aliphatic rings. The van der Waals surface area contributed by atoms with Crippen molar-refractivity contribution in [1.29, 1.82) is 0 Å². The van der Waals surface area contributed by atoms with E-state index in [-0.39, 0.29) is 12.8 Å². The fourth-order valence-electron chi connectivity index (χ4n) is 2.36. The molecule has 0 aliphatic heterocycles. The van der Waals surface area contributed by atoms with E-state index in [1.807, 2.05) is 0 Å². The van der Waals surface area contributed by atoms with Gasteiger partial charge in [0.05, 0.1) is 24.7 Å². The van der Waals surface area contributed by atoms with Crippen LogP contribution in [0.4, 0.5) is 13.2 Å². The number of hydrogen-bond acceptors (Lipinski definition) is 3. The van der Waals surface area contributed by atoms with Gasteiger partial charge in [0, 0.05) is 5.92 Å². The van der Waals surface area contributed by atoms with Crippen molar-refractivity contribution in [2.45, 2.75) is 44.3 Å². The maximum Gasteiger partial charge on any atom is 0.392 e. The van der Waals surface area contributed by atoms with E-state index < -0.39 is 42.7 Å². The van der Waals surface area contributed by atoms with Crippen LogP contribution in [0, 0.1) is 11.8 Å². The highest BCUT2D eigenvalue weighted by atomic mass is 19.4. The third-order valence-corrected chi connectivity index (χ3v) is 3.65. The van der Waals surface area contributed by atoms with E-state index in [9.17, 15) is 18.0 Å². The Bertz CT molecular complexity index is 316. The quantitative estimate of drug-likeness (QED) is 0.726. The largest absolute Gasteiger partial charge is 0.394 e. The van der Waals surface area contributed by atoms with Crippen molar-refractivity contribution >= 4 is 5.91 Å². The third kappa shape index (κ3) is 4.07. The molecular weight excluding hydrogens is 263 g/mol. The molecule has 1 fully saturated rings. The molecule has 0 radical (unpaired) electrons. The van der Waals surface area contributed by atoms with Gasteiger partial charge in [-0.05, 0) is 19.8 Å². The summed E-state index contributed by atoms with van der Waals surface area (Å²) in [5, 5.41) is 20.4. The first-order valence-electron chi connectivity index (χ1n) is 6.34. The zero-order chi connectivity index (χ0) is 14.7. The first-order valence-corrected chi connectivity index (χ1v) is 6.34. The molecule has 1 saturated carbocycles. The Morgan fingerprint density at radius 2 is 1.74 bits per heavy atom. The Morgan fingerprint density at radius 1 is 1.21 bits per heavy atom. The minimum absolute atomic E-state index is 0.0451. The van der Waals surface area contributed by atoms with Gasteiger partial charge in [0.15, 0.2) is 0 Å². The summed E-state index contributed by atoms with van der Waals surface area (Å²) in [6.45, 7) is 0.327. The second kappa shape index (κ2) is 6.09. The first kappa shape index (κ1) is 16.2. The normalized spacial score (nSPS) is 25.2. The lowest BCUT2D eigenvalue weighted by molar-refractivity contribution is -0.198. The molecule has 1 amide bonds. The van der Waals surface area contributed by atoms with Crippen molar-refractivity contribution in [1.82, 2.24) is 5.32 Å². The predicted octanol–water partition coefficient (Wildman–Crippen LogP) is 1.21. The van der Waals surface area contributed by atoms with Gasteiger partial charge in [-0.2, -0.15) is 13.2 Å². The maximum absolute atomic E-state index is 12.9. The summed E-state index contributed by atoms with van der Waals surface area (Å²) in [4.78, 5) is 12.0. The van der Waals surface area contributed by atoms with E-state index in [2.05, 4.69) is 5.32 Å². The molecular formula is C12H20F3NO3. The number of hydrogen-bond donors (Lipinski definition) is 3. The zero-order valence-electron chi connectivity index (χ0n) is 10.8. The van der Waals surface area contributed by atoms with Crippen LogP contribution in [0.25, 0.3) is 0 Å². The standard InChI is InChI=1S/C12H20F3NO3/c1-11(6-17,7-18)16-10(19)8-4-2-3-5-9(8)12(13,14)15/h8-9,17-18H,2-7H2,1H3,(H,16,19). The van der Waals surface area contributed by atoms with Crippen molar-refractivity contribution in [3.05, 3.63) is 0 Å². The number of carbonyl (C=O) groups is 1. The van der Waals surface area contributed by atoms with E-state index in [4.69, 9.17) is 10.2 Å². The van der Waals surface area contributed by atoms with Crippen LogP contribution in [0.15, 0.2) is 0 Å². The van der Waals surface area contributed by atoms with Gasteiger partial charge in [-0.15, -0.1) is 0 Å². The number of aliphatic hydroxyl groups excluding tert-OH is 2. The molecule has 7 heteroatoms. The number of nitrogens with one attached hydrogen (secondary N) is 1. The summed E-state index contributed by atoms with van der Waals surface area (Å²) in [7, 11) is 0. The average Bonchev–Trinajstić information content (AvgIpc) is 2.37. The van der Waals surface area contributed by atoms with Crippen LogP contribution < -0.4 is 5.32 Å². The molecule has 0 aromatic heterocycles. The molecule has 1 rings (SSSR count). The van der Waals surface area contributed by atoms with Crippen LogP contribution in [-0.2, 0) is 4.79 Å². The average molecular weight is 283 g/mol. The first-order chi connectivity index (χ1) is 8.73. The highest BCUT2D eigenvalue weighted by Gasteiger charge is 2.48. The molecule has 0 heterocycles. The summed E-state index contributed by atoms with van der Waals surface area (Å²) >= 11 is 0. The minimum atomic E-state index is -4.39. The number of rotatable bonds is 4. The van der Waals surface area contributed by atoms with E-state index >= 15 is 0 Å². The van der Waals surface area contributed by atoms with Crippen molar-refractivity contribution in [2.75, 3.05) is 13.2 Å². The SMILES string of the molecule is CC(CO)(CO)NC(=O)C1CCCCC1C(F)(F)F. The molecule has 0 aromatic carbocycles. The molecule has 19 heavy (non-hydrogen) atoms. The fourth-order valence-corrected chi connectivity index (χ4v) is 2.36. The molecule has 0 aromatic rings. The number of carbonyl (C=O) groups excluding carboxylic acids is 1. The van der Waals surface area contributed by atoms with Crippen LogP contribution in [0.5, 0.6) is 0 Å². The molecule has 112 valence electrons. The summed E-state index contributed by atoms with van der Waals surface area (Å²) < 4.78 is 38.6. The highest BCUT2D eigenvalue weighted by Crippen LogP contribution is 2.41. The van der Waals surface area contributed by atoms with E-state index in [1.165, 1.54) is 6.92 Å². The second-order valence-corrected chi connectivity index (χ2v) is 5.41. The van der Waals surface area contributed by atoms with E-state index in [1.54, 1.807) is 0 Å². The lowest BCUT2D eigenvalue weighted by Crippen LogP contribution is -2.55. The number of halogens is 3. The predicted molar refractivity (Wildman–Crippen MR) is 62.2 cm³/mol. The molecule has 2 unspecified atom stereocenters. The van der Waals surface area contributed by atoms with Crippen LogP contribution in [0.3, 0.4) is 0 Å². The summed E-state index contributed by atoms with van der Waals surface area (Å²) in [6.07, 6.45) is -3.21. The summed E-state index contributed by atoms with van der Waals surface area (Å²) in [5.41, 5.74) is -1.29. The van der Waals surface area contributed by atoms with Gasteiger partial charge in [-0.3, -0.25) is 4.79 Å². The van der Waals surface area contributed by atoms with Gasteiger partial charge < -0.3 is 15.5 Å². The van der Waals surface area contributed by atoms with Crippen LogP contribution in [-0.4, -0.2) is 41.0 Å². The van der Waals surface area contributed by atoms with Crippen LogP contribution in [0.1, 0.15) is 32.6 Å². The Labute approximate surface area is 110 Å². The smallest absolute Gasteiger partial charge is 0.392 e. The van der Waals surface area contributed by atoms with Gasteiger partial charge in [-0.25, -0.2) is 0 Å². The maximum atomic E-state index is 12.9. The molecule has 4 nitrogen and oxygen atoms in total. The van der Waals surface area contributed by atoms with Crippen molar-refractivity contribution in [3.8, 4) is 0 Å². The molecule has 0 spiro atoms. The van der Waals surface area contributed by atoms with Gasteiger partial charge in [0.25, 0.3) is 0 Å². The molecule has 3 N–H and O–H groups in total. The van der Waals surface area contributed by atoms with Crippen molar-refractivity contribution in [2.24, 2.45) is 11.8 Å². The summed E-state index contributed by atoms with van der Waals surface area (Å²) in [6, 6.07) is 0. The highest BCUT2D eigenvalue weighted by molar-refractivity contribution is 5.80. The number of aliphatic hydroxyl groups is 2. The van der Waals surface area contributed by atoms with Crippen molar-refractivity contribution < 1.29 is 28.2 Å². The van der Waals surface area contributed by atoms with Crippen molar-refractivity contribution in [3.63, 3.8) is 0 Å². The number of alkyl halides is 3. The van der Waals surface area contributed by atoms with E-state index in [0.29, 0.717) is 12.8 Å². The lowest BCUT2D eigenvalue weighted by atomic mass is 9.78. The topological polar surface area (TPSA) is 69.6 Å². The zero-order valence-corrected chi connectivity index (χ0v) is 10.8. The molecule has 0 saturated heterocycles. The van der Waals surface area contributed by atoms with E-state index in [0.717, 1.165) is 0 Å². The Kier molecular flexibility index (Phi) is 5.20. The second-order valence-electron chi connectivity index (χ2n) is 5.41. The Balaban J connectivity index is 2.78. The third-order valence-electron chi connectivity index (χ3n) is 3.65. The molecule has 0 bridgehead atoms. The fraction of sp³-hybridized carbons (Fsp3) is 0.917. The minimum Gasteiger partial charge on any atom is -0.394 e. The van der Waals surface area contributed by atoms with Gasteiger partial charge in [0.2, 0.25) is 5.91 Å². The monoisotopic (exact) mass is 283 g/mol. The van der Waals surface area contributed by atoms with Crippen LogP contribution in [0.2, 0.25) is 0 Å². The Morgan fingerprint density at radius 3 is 2.21 bits per heavy atom. The Hall–Kier alpha value is -0.820. The lowest BCUT2D eigenvalue weighted by Gasteiger charge is -2.35. The van der Waals surface area contributed by atoms with Gasteiger partial charge >= 0.3 is 6.18 Å². The molecule has 2 atom stereocenters. The number of amides is 1. The van der Waals surface area contributed by atoms with Gasteiger partial charge in [0.1, 0.15) is 0 Å².